The first kappa shape index (κ1) is 32.5. The number of halogens is 1. The zero-order chi connectivity index (χ0) is 27.9. The number of carbonyl (C=O) groups excluding carboxylic acids is 1. The molecule has 0 saturated heterocycles. The summed E-state index contributed by atoms with van der Waals surface area (Å²) in [5.74, 6) is 0.206. The molecule has 0 aliphatic rings. The van der Waals surface area contributed by atoms with Gasteiger partial charge in [0.1, 0.15) is 18.1 Å². The highest BCUT2D eigenvalue weighted by Crippen LogP contribution is 2.32. The Kier molecular flexibility index (Phi) is 12.1. The van der Waals surface area contributed by atoms with Crippen molar-refractivity contribution in [2.45, 2.75) is 43.1 Å². The maximum Gasteiger partial charge on any atom is 0.265 e. The molecular formula is C28H35ClN2O6S2. The van der Waals surface area contributed by atoms with Gasteiger partial charge in [0.05, 0.1) is 17.9 Å². The molecule has 8 nitrogen and oxygen atoms in total. The molecule has 0 spiro atoms. The number of ether oxygens (including phenoxy) is 1. The number of aromatic hydroxyl groups is 1. The van der Waals surface area contributed by atoms with Crippen LogP contribution in [-0.2, 0) is 10.0 Å². The van der Waals surface area contributed by atoms with Crippen molar-refractivity contribution in [1.29, 1.82) is 0 Å². The Morgan fingerprint density at radius 2 is 1.59 bits per heavy atom. The van der Waals surface area contributed by atoms with E-state index in [1.165, 1.54) is 11.8 Å². The van der Waals surface area contributed by atoms with Gasteiger partial charge in [-0.2, -0.15) is 0 Å². The second-order valence-electron chi connectivity index (χ2n) is 9.23. The van der Waals surface area contributed by atoms with Crippen LogP contribution in [0.25, 0.3) is 11.1 Å². The molecule has 4 N–H and O–H groups in total. The minimum absolute atomic E-state index is 0. The van der Waals surface area contributed by atoms with Crippen LogP contribution in [0.2, 0.25) is 0 Å². The van der Waals surface area contributed by atoms with Crippen molar-refractivity contribution in [2.75, 3.05) is 19.4 Å². The number of hydrogen-bond acceptors (Lipinski definition) is 8. The molecule has 0 radical (unpaired) electrons. The van der Waals surface area contributed by atoms with E-state index in [0.717, 1.165) is 22.9 Å². The zero-order valence-corrected chi connectivity index (χ0v) is 24.7. The number of rotatable bonds is 12. The van der Waals surface area contributed by atoms with Crippen molar-refractivity contribution < 1.29 is 28.2 Å². The summed E-state index contributed by atoms with van der Waals surface area (Å²) in [5, 5.41) is 23.3. The number of aliphatic hydroxyl groups excluding tert-OH is 1. The maximum absolute atomic E-state index is 12.5. The molecule has 0 bridgehead atoms. The molecule has 0 aromatic heterocycles. The van der Waals surface area contributed by atoms with Gasteiger partial charge in [0.2, 0.25) is 10.0 Å². The Morgan fingerprint density at radius 1 is 0.974 bits per heavy atom. The SMILES string of the molecule is CC(C)Sc1cc(-c2ccc(OCCN[C@@H](C)[C@@H](O)c3ccc(O)cc3)cc2)ccc1C(=O)NS(C)(=O)=O.Cl. The summed E-state index contributed by atoms with van der Waals surface area (Å²) >= 11 is 1.49. The molecule has 0 aliphatic heterocycles. The van der Waals surface area contributed by atoms with E-state index in [2.05, 4.69) is 5.32 Å². The minimum atomic E-state index is -3.66. The number of phenols is 1. The number of carbonyl (C=O) groups is 1. The van der Waals surface area contributed by atoms with Crippen molar-refractivity contribution in [2.24, 2.45) is 0 Å². The third-order valence-electron chi connectivity index (χ3n) is 5.60. The van der Waals surface area contributed by atoms with Gasteiger partial charge in [-0.3, -0.25) is 4.79 Å². The fraction of sp³-hybridized carbons (Fsp3) is 0.321. The van der Waals surface area contributed by atoms with Gasteiger partial charge in [0, 0.05) is 22.7 Å². The van der Waals surface area contributed by atoms with Gasteiger partial charge in [0.15, 0.2) is 0 Å². The number of phenolic OH excluding ortho intramolecular Hbond substituents is 1. The van der Waals surface area contributed by atoms with Crippen LogP contribution in [0, 0.1) is 0 Å². The van der Waals surface area contributed by atoms with E-state index in [-0.39, 0.29) is 29.4 Å². The molecule has 3 aromatic rings. The molecule has 3 aromatic carbocycles. The maximum atomic E-state index is 12.5. The fourth-order valence-corrected chi connectivity index (χ4v) is 5.17. The number of aliphatic hydroxyl groups is 1. The van der Waals surface area contributed by atoms with E-state index >= 15 is 0 Å². The number of thioether (sulfide) groups is 1. The predicted molar refractivity (Wildman–Crippen MR) is 158 cm³/mol. The second kappa shape index (κ2) is 14.6. The Hall–Kier alpha value is -2.76. The monoisotopic (exact) mass is 594 g/mol. The van der Waals surface area contributed by atoms with Crippen LogP contribution in [0.5, 0.6) is 11.5 Å². The van der Waals surface area contributed by atoms with E-state index in [9.17, 15) is 23.4 Å². The average molecular weight is 595 g/mol. The van der Waals surface area contributed by atoms with Crippen molar-refractivity contribution in [3.05, 3.63) is 77.9 Å². The van der Waals surface area contributed by atoms with Crippen LogP contribution in [0.3, 0.4) is 0 Å². The Bertz CT molecular complexity index is 1330. The molecule has 39 heavy (non-hydrogen) atoms. The second-order valence-corrected chi connectivity index (χ2v) is 12.6. The molecule has 3 rings (SSSR count). The lowest BCUT2D eigenvalue weighted by Gasteiger charge is -2.21. The molecule has 2 atom stereocenters. The summed E-state index contributed by atoms with van der Waals surface area (Å²) in [4.78, 5) is 13.2. The number of nitrogens with one attached hydrogen (secondary N) is 2. The molecule has 0 heterocycles. The molecule has 11 heteroatoms. The van der Waals surface area contributed by atoms with Crippen LogP contribution in [-0.4, -0.2) is 55.2 Å². The van der Waals surface area contributed by atoms with Gasteiger partial charge in [-0.1, -0.05) is 44.2 Å². The molecule has 212 valence electrons. The average Bonchev–Trinajstić information content (AvgIpc) is 2.85. The highest BCUT2D eigenvalue weighted by molar-refractivity contribution is 8.00. The van der Waals surface area contributed by atoms with Crippen LogP contribution in [0.1, 0.15) is 42.8 Å². The van der Waals surface area contributed by atoms with Gasteiger partial charge in [0.25, 0.3) is 5.91 Å². The van der Waals surface area contributed by atoms with E-state index in [1.807, 2.05) is 55.8 Å². The van der Waals surface area contributed by atoms with Crippen LogP contribution < -0.4 is 14.8 Å². The van der Waals surface area contributed by atoms with E-state index in [4.69, 9.17) is 4.74 Å². The highest BCUT2D eigenvalue weighted by Gasteiger charge is 2.18. The van der Waals surface area contributed by atoms with Crippen molar-refractivity contribution >= 4 is 40.1 Å². The van der Waals surface area contributed by atoms with Gasteiger partial charge in [-0.15, -0.1) is 24.2 Å². The topological polar surface area (TPSA) is 125 Å². The predicted octanol–water partition coefficient (Wildman–Crippen LogP) is 4.76. The largest absolute Gasteiger partial charge is 0.508 e. The molecule has 0 aliphatic carbocycles. The molecule has 0 saturated carbocycles. The summed E-state index contributed by atoms with van der Waals surface area (Å²) in [7, 11) is -3.66. The zero-order valence-electron chi connectivity index (χ0n) is 22.2. The number of sulfonamides is 1. The van der Waals surface area contributed by atoms with Crippen molar-refractivity contribution in [1.82, 2.24) is 10.0 Å². The lowest BCUT2D eigenvalue weighted by Crippen LogP contribution is -2.35. The van der Waals surface area contributed by atoms with Crippen molar-refractivity contribution in [3.63, 3.8) is 0 Å². The lowest BCUT2D eigenvalue weighted by atomic mass is 10.0. The first-order valence-corrected chi connectivity index (χ1v) is 15.0. The van der Waals surface area contributed by atoms with E-state index in [0.29, 0.717) is 29.4 Å². The molecule has 0 fully saturated rings. The Balaban J connectivity index is 0.00000533. The smallest absolute Gasteiger partial charge is 0.265 e. The highest BCUT2D eigenvalue weighted by atomic mass is 35.5. The summed E-state index contributed by atoms with van der Waals surface area (Å²) in [6.07, 6.45) is 0.244. The summed E-state index contributed by atoms with van der Waals surface area (Å²) in [5.41, 5.74) is 2.87. The van der Waals surface area contributed by atoms with Gasteiger partial charge in [-0.25, -0.2) is 13.1 Å². The normalized spacial score (nSPS) is 12.9. The molecule has 0 unspecified atom stereocenters. The minimum Gasteiger partial charge on any atom is -0.508 e. The lowest BCUT2D eigenvalue weighted by molar-refractivity contribution is 0.0979. The standard InChI is InChI=1S/C28H34N2O6S2.ClH/c1-18(2)37-26-17-22(9-14-25(26)28(33)30-38(4,34)35)20-7-12-24(13-8-20)36-16-15-29-19(3)27(32)21-5-10-23(31)11-6-21;/h5-14,17-19,27,29,31-32H,15-16H2,1-4H3,(H,30,33);1H/t19-,27+;/m0./s1. The molecule has 1 amide bonds. The fourth-order valence-electron chi connectivity index (χ4n) is 3.74. The van der Waals surface area contributed by atoms with Gasteiger partial charge in [-0.05, 0) is 60.0 Å². The van der Waals surface area contributed by atoms with Crippen molar-refractivity contribution in [3.8, 4) is 22.6 Å². The van der Waals surface area contributed by atoms with E-state index < -0.39 is 22.0 Å². The summed E-state index contributed by atoms with van der Waals surface area (Å²) in [6, 6.07) is 19.2. The Morgan fingerprint density at radius 3 is 2.18 bits per heavy atom. The number of hydrogen-bond donors (Lipinski definition) is 4. The molecular weight excluding hydrogens is 560 g/mol. The number of benzene rings is 3. The summed E-state index contributed by atoms with van der Waals surface area (Å²) < 4.78 is 30.9. The first-order valence-electron chi connectivity index (χ1n) is 12.2. The van der Waals surface area contributed by atoms with Crippen LogP contribution in [0.15, 0.2) is 71.6 Å². The Labute approximate surface area is 240 Å². The number of amides is 1. The third kappa shape index (κ3) is 10.1. The quantitative estimate of drug-likeness (QED) is 0.175. The summed E-state index contributed by atoms with van der Waals surface area (Å²) in [6.45, 7) is 6.83. The third-order valence-corrected chi connectivity index (χ3v) is 7.22. The van der Waals surface area contributed by atoms with Crippen LogP contribution in [0.4, 0.5) is 0 Å². The first-order chi connectivity index (χ1) is 17.9. The van der Waals surface area contributed by atoms with E-state index in [1.54, 1.807) is 36.4 Å². The van der Waals surface area contributed by atoms with Crippen LogP contribution >= 0.6 is 24.2 Å². The van der Waals surface area contributed by atoms with Gasteiger partial charge >= 0.3 is 0 Å². The van der Waals surface area contributed by atoms with Gasteiger partial charge < -0.3 is 20.3 Å².